The standard InChI is InChI=1S/C12H14N2O/c1-14-9-10-15-12(14)7-8-13-11-5-3-2-4-6-11/h2-8H,9-10H2,1H3/b12-7+,13-8?. The van der Waals surface area contributed by atoms with Crippen molar-refractivity contribution < 1.29 is 4.74 Å². The van der Waals surface area contributed by atoms with Crippen molar-refractivity contribution >= 4 is 11.9 Å². The summed E-state index contributed by atoms with van der Waals surface area (Å²) in [5.74, 6) is 0.884. The molecule has 15 heavy (non-hydrogen) atoms. The van der Waals surface area contributed by atoms with Crippen LogP contribution in [0.25, 0.3) is 0 Å². The van der Waals surface area contributed by atoms with Crippen LogP contribution in [0.15, 0.2) is 47.3 Å². The average Bonchev–Trinajstić information content (AvgIpc) is 2.66. The second kappa shape index (κ2) is 4.64. The summed E-state index contributed by atoms with van der Waals surface area (Å²) in [5, 5.41) is 0. The van der Waals surface area contributed by atoms with Crippen LogP contribution >= 0.6 is 0 Å². The van der Waals surface area contributed by atoms with Gasteiger partial charge < -0.3 is 9.64 Å². The molecule has 1 saturated heterocycles. The van der Waals surface area contributed by atoms with Gasteiger partial charge in [-0.2, -0.15) is 0 Å². The van der Waals surface area contributed by atoms with E-state index < -0.39 is 0 Å². The van der Waals surface area contributed by atoms with Crippen molar-refractivity contribution in [3.05, 3.63) is 42.3 Å². The highest BCUT2D eigenvalue weighted by atomic mass is 16.5. The number of nitrogens with zero attached hydrogens (tertiary/aromatic N) is 2. The smallest absolute Gasteiger partial charge is 0.190 e. The highest BCUT2D eigenvalue weighted by Crippen LogP contribution is 2.11. The minimum Gasteiger partial charge on any atom is -0.477 e. The Hall–Kier alpha value is -1.77. The van der Waals surface area contributed by atoms with Crippen molar-refractivity contribution in [1.82, 2.24) is 4.90 Å². The van der Waals surface area contributed by atoms with Gasteiger partial charge in [0.05, 0.1) is 12.2 Å². The summed E-state index contributed by atoms with van der Waals surface area (Å²) in [6.07, 6.45) is 3.66. The molecule has 0 N–H and O–H groups in total. The van der Waals surface area contributed by atoms with E-state index in [-0.39, 0.29) is 0 Å². The maximum atomic E-state index is 5.40. The number of hydrogen-bond acceptors (Lipinski definition) is 3. The Bertz CT molecular complexity index is 370. The topological polar surface area (TPSA) is 24.8 Å². The molecule has 1 aromatic carbocycles. The number of benzene rings is 1. The Labute approximate surface area is 89.7 Å². The number of allylic oxidation sites excluding steroid dienone is 1. The minimum atomic E-state index is 0.765. The molecule has 1 heterocycles. The van der Waals surface area contributed by atoms with Crippen LogP contribution in [0.3, 0.4) is 0 Å². The lowest BCUT2D eigenvalue weighted by Gasteiger charge is -2.07. The SMILES string of the molecule is CN1CCO/C1=C/C=Nc1ccccc1. The highest BCUT2D eigenvalue weighted by Gasteiger charge is 2.11. The van der Waals surface area contributed by atoms with Crippen molar-refractivity contribution in [2.75, 3.05) is 20.2 Å². The van der Waals surface area contributed by atoms with E-state index in [2.05, 4.69) is 9.89 Å². The van der Waals surface area contributed by atoms with E-state index in [0.717, 1.165) is 24.7 Å². The summed E-state index contributed by atoms with van der Waals surface area (Å²) >= 11 is 0. The Balaban J connectivity index is 2.01. The molecule has 1 aromatic rings. The molecule has 0 amide bonds. The van der Waals surface area contributed by atoms with Crippen molar-refractivity contribution in [3.8, 4) is 0 Å². The summed E-state index contributed by atoms with van der Waals surface area (Å²) in [4.78, 5) is 6.36. The van der Waals surface area contributed by atoms with Gasteiger partial charge in [0.1, 0.15) is 6.61 Å². The van der Waals surface area contributed by atoms with E-state index in [4.69, 9.17) is 4.74 Å². The third-order valence-electron chi connectivity index (χ3n) is 2.25. The van der Waals surface area contributed by atoms with Gasteiger partial charge in [-0.1, -0.05) is 18.2 Å². The van der Waals surface area contributed by atoms with E-state index in [1.54, 1.807) is 6.21 Å². The first-order chi connectivity index (χ1) is 7.36. The third-order valence-corrected chi connectivity index (χ3v) is 2.25. The molecule has 1 fully saturated rings. The maximum Gasteiger partial charge on any atom is 0.190 e. The molecule has 0 radical (unpaired) electrons. The lowest BCUT2D eigenvalue weighted by molar-refractivity contribution is 0.245. The summed E-state index contributed by atoms with van der Waals surface area (Å²) < 4.78 is 5.40. The monoisotopic (exact) mass is 202 g/mol. The fourth-order valence-corrected chi connectivity index (χ4v) is 1.38. The van der Waals surface area contributed by atoms with Crippen molar-refractivity contribution in [2.45, 2.75) is 0 Å². The van der Waals surface area contributed by atoms with Gasteiger partial charge in [-0.3, -0.25) is 4.99 Å². The normalized spacial score (nSPS) is 18.7. The fraction of sp³-hybridized carbons (Fsp3) is 0.250. The number of para-hydroxylation sites is 1. The molecule has 0 unspecified atom stereocenters. The Morgan fingerprint density at radius 3 is 2.80 bits per heavy atom. The van der Waals surface area contributed by atoms with Gasteiger partial charge in [-0.25, -0.2) is 0 Å². The molecule has 3 nitrogen and oxygen atoms in total. The highest BCUT2D eigenvalue weighted by molar-refractivity contribution is 5.74. The Morgan fingerprint density at radius 1 is 1.33 bits per heavy atom. The van der Waals surface area contributed by atoms with Crippen LogP contribution < -0.4 is 0 Å². The van der Waals surface area contributed by atoms with E-state index >= 15 is 0 Å². The third kappa shape index (κ3) is 2.59. The number of ether oxygens (including phenoxy) is 1. The molecule has 1 aliphatic heterocycles. The quantitative estimate of drug-likeness (QED) is 0.687. The number of rotatable bonds is 2. The van der Waals surface area contributed by atoms with Crippen LogP contribution in [0.4, 0.5) is 5.69 Å². The molecule has 3 heteroatoms. The molecule has 0 aliphatic carbocycles. The average molecular weight is 202 g/mol. The fourth-order valence-electron chi connectivity index (χ4n) is 1.38. The van der Waals surface area contributed by atoms with Crippen LogP contribution in [0.5, 0.6) is 0 Å². The van der Waals surface area contributed by atoms with Gasteiger partial charge in [-0.05, 0) is 12.1 Å². The second-order valence-corrected chi connectivity index (χ2v) is 3.39. The molecule has 0 aromatic heterocycles. The van der Waals surface area contributed by atoms with E-state index in [1.165, 1.54) is 0 Å². The molecule has 1 aliphatic rings. The van der Waals surface area contributed by atoms with E-state index in [0.29, 0.717) is 0 Å². The molecule has 0 atom stereocenters. The van der Waals surface area contributed by atoms with E-state index in [9.17, 15) is 0 Å². The summed E-state index contributed by atoms with van der Waals surface area (Å²) in [6, 6.07) is 9.85. The molecule has 0 bridgehead atoms. The van der Waals surface area contributed by atoms with Gasteiger partial charge >= 0.3 is 0 Å². The number of likely N-dealkylation sites (N-methyl/N-ethyl adjacent to an activating group) is 1. The van der Waals surface area contributed by atoms with Gasteiger partial charge in [0, 0.05) is 19.3 Å². The van der Waals surface area contributed by atoms with Crippen LogP contribution in [0, 0.1) is 0 Å². The van der Waals surface area contributed by atoms with Crippen LogP contribution in [0.2, 0.25) is 0 Å². The number of aliphatic imine (C=N–C) groups is 1. The minimum absolute atomic E-state index is 0.765. The number of hydrogen-bond donors (Lipinski definition) is 0. The first kappa shape index (κ1) is 9.77. The first-order valence-electron chi connectivity index (χ1n) is 4.99. The maximum absolute atomic E-state index is 5.40. The van der Waals surface area contributed by atoms with Crippen LogP contribution in [0.1, 0.15) is 0 Å². The van der Waals surface area contributed by atoms with Crippen molar-refractivity contribution in [2.24, 2.45) is 4.99 Å². The van der Waals surface area contributed by atoms with Crippen LogP contribution in [-0.4, -0.2) is 31.3 Å². The largest absolute Gasteiger partial charge is 0.477 e. The van der Waals surface area contributed by atoms with Gasteiger partial charge in [-0.15, -0.1) is 0 Å². The Kier molecular flexibility index (Phi) is 3.02. The van der Waals surface area contributed by atoms with Crippen LogP contribution in [-0.2, 0) is 4.74 Å². The zero-order valence-corrected chi connectivity index (χ0v) is 8.76. The molecular formula is C12H14N2O. The van der Waals surface area contributed by atoms with Gasteiger partial charge in [0.2, 0.25) is 0 Å². The van der Waals surface area contributed by atoms with Gasteiger partial charge in [0.25, 0.3) is 0 Å². The Morgan fingerprint density at radius 2 is 2.13 bits per heavy atom. The first-order valence-corrected chi connectivity index (χ1v) is 4.99. The molecular weight excluding hydrogens is 188 g/mol. The summed E-state index contributed by atoms with van der Waals surface area (Å²) in [5.41, 5.74) is 0.954. The second-order valence-electron chi connectivity index (χ2n) is 3.39. The summed E-state index contributed by atoms with van der Waals surface area (Å²) in [6.45, 7) is 1.71. The molecule has 78 valence electrons. The van der Waals surface area contributed by atoms with Crippen molar-refractivity contribution in [3.63, 3.8) is 0 Å². The van der Waals surface area contributed by atoms with Crippen molar-refractivity contribution in [1.29, 1.82) is 0 Å². The predicted molar refractivity (Wildman–Crippen MR) is 61.3 cm³/mol. The molecule has 0 spiro atoms. The molecule has 0 saturated carbocycles. The van der Waals surface area contributed by atoms with E-state index in [1.807, 2.05) is 43.5 Å². The van der Waals surface area contributed by atoms with Gasteiger partial charge in [0.15, 0.2) is 5.88 Å². The predicted octanol–water partition coefficient (Wildman–Crippen LogP) is 2.19. The lowest BCUT2D eigenvalue weighted by Crippen LogP contribution is -2.10. The lowest BCUT2D eigenvalue weighted by atomic mass is 10.3. The summed E-state index contributed by atoms with van der Waals surface area (Å²) in [7, 11) is 2.01. The zero-order chi connectivity index (χ0) is 10.5. The molecule has 2 rings (SSSR count). The zero-order valence-electron chi connectivity index (χ0n) is 8.76.